The van der Waals surface area contributed by atoms with Gasteiger partial charge in [-0.3, -0.25) is 16.0 Å². The van der Waals surface area contributed by atoms with Crippen LogP contribution < -0.4 is 16.0 Å². The van der Waals surface area contributed by atoms with Crippen LogP contribution in [-0.2, 0) is 14.2 Å². The van der Waals surface area contributed by atoms with Gasteiger partial charge in [0.15, 0.2) is 0 Å². The summed E-state index contributed by atoms with van der Waals surface area (Å²) in [5, 5.41) is 6.44. The SMILES string of the molecule is COC(=O)Nc1nc(NC(=O)OC)nc(NC(=O)OC)n1. The Bertz CT molecular complexity index is 461. The summed E-state index contributed by atoms with van der Waals surface area (Å²) in [6, 6.07) is 0. The number of aromatic nitrogens is 3. The number of carbonyl (C=O) groups is 3. The molecule has 0 saturated heterocycles. The number of anilines is 3. The van der Waals surface area contributed by atoms with Crippen LogP contribution in [0, 0.1) is 0 Å². The predicted octanol–water partition coefficient (Wildman–Crippen LogP) is 0.406. The van der Waals surface area contributed by atoms with E-state index in [0.29, 0.717) is 0 Å². The van der Waals surface area contributed by atoms with Crippen molar-refractivity contribution in [2.45, 2.75) is 0 Å². The second kappa shape index (κ2) is 7.42. The van der Waals surface area contributed by atoms with Crippen LogP contribution in [0.15, 0.2) is 0 Å². The molecule has 12 heteroatoms. The molecule has 0 bridgehead atoms. The molecule has 0 fully saturated rings. The van der Waals surface area contributed by atoms with Crippen molar-refractivity contribution >= 4 is 36.1 Å². The third kappa shape index (κ3) is 5.14. The van der Waals surface area contributed by atoms with Crippen molar-refractivity contribution in [3.05, 3.63) is 0 Å². The maximum atomic E-state index is 11.1. The minimum atomic E-state index is -0.853. The molecule has 3 N–H and O–H groups in total. The van der Waals surface area contributed by atoms with Gasteiger partial charge in [-0.05, 0) is 0 Å². The number of rotatable bonds is 3. The number of methoxy groups -OCH3 is 3. The standard InChI is InChI=1S/C9H12N6O6/c1-19-7(16)13-4-10-5(14-8(17)20-2)12-6(11-4)15-9(18)21-3/h1-3H3,(H3,10,11,12,13,14,15,16,17,18). The normalized spacial score (nSPS) is 9.29. The first-order valence-corrected chi connectivity index (χ1v) is 5.29. The number of carbonyl (C=O) groups excluding carboxylic acids is 3. The average molecular weight is 300 g/mol. The van der Waals surface area contributed by atoms with Crippen LogP contribution in [0.4, 0.5) is 32.2 Å². The summed E-state index contributed by atoms with van der Waals surface area (Å²) in [6.07, 6.45) is -2.56. The van der Waals surface area contributed by atoms with Crippen molar-refractivity contribution in [1.82, 2.24) is 15.0 Å². The van der Waals surface area contributed by atoms with E-state index in [1.54, 1.807) is 0 Å². The van der Waals surface area contributed by atoms with Gasteiger partial charge in [-0.25, -0.2) is 14.4 Å². The number of ether oxygens (including phenoxy) is 3. The van der Waals surface area contributed by atoms with Gasteiger partial charge in [0.25, 0.3) is 0 Å². The van der Waals surface area contributed by atoms with Crippen LogP contribution >= 0.6 is 0 Å². The lowest BCUT2D eigenvalue weighted by atomic mass is 10.7. The zero-order valence-corrected chi connectivity index (χ0v) is 11.3. The Kier molecular flexibility index (Phi) is 5.61. The van der Waals surface area contributed by atoms with Gasteiger partial charge >= 0.3 is 18.3 Å². The Morgan fingerprint density at radius 1 is 0.667 bits per heavy atom. The van der Waals surface area contributed by atoms with E-state index in [-0.39, 0.29) is 17.8 Å². The first-order chi connectivity index (χ1) is 9.98. The zero-order chi connectivity index (χ0) is 15.8. The molecule has 0 aliphatic carbocycles. The van der Waals surface area contributed by atoms with Gasteiger partial charge in [0.05, 0.1) is 21.3 Å². The molecule has 21 heavy (non-hydrogen) atoms. The highest BCUT2D eigenvalue weighted by atomic mass is 16.5. The molecular formula is C9H12N6O6. The van der Waals surface area contributed by atoms with E-state index in [0.717, 1.165) is 21.3 Å². The summed E-state index contributed by atoms with van der Waals surface area (Å²) in [4.78, 5) is 44.4. The Labute approximate surface area is 118 Å². The predicted molar refractivity (Wildman–Crippen MR) is 67.9 cm³/mol. The quantitative estimate of drug-likeness (QED) is 0.673. The van der Waals surface area contributed by atoms with E-state index in [4.69, 9.17) is 0 Å². The molecule has 1 aromatic heterocycles. The summed E-state index contributed by atoms with van der Waals surface area (Å²) >= 11 is 0. The first-order valence-electron chi connectivity index (χ1n) is 5.29. The number of nitrogens with zero attached hydrogens (tertiary/aromatic N) is 3. The lowest BCUT2D eigenvalue weighted by Crippen LogP contribution is -2.20. The largest absolute Gasteiger partial charge is 0.453 e. The zero-order valence-electron chi connectivity index (χ0n) is 11.3. The molecule has 114 valence electrons. The fourth-order valence-electron chi connectivity index (χ4n) is 0.971. The Morgan fingerprint density at radius 3 is 1.10 bits per heavy atom. The number of hydrogen-bond donors (Lipinski definition) is 3. The third-order valence-electron chi connectivity index (χ3n) is 1.83. The molecule has 1 rings (SSSR count). The summed E-state index contributed by atoms with van der Waals surface area (Å²) in [5.74, 6) is -0.807. The second-order valence-corrected chi connectivity index (χ2v) is 3.16. The number of amides is 3. The average Bonchev–Trinajstić information content (AvgIpc) is 2.46. The van der Waals surface area contributed by atoms with Crippen LogP contribution in [0.25, 0.3) is 0 Å². The molecular weight excluding hydrogens is 288 g/mol. The van der Waals surface area contributed by atoms with Gasteiger partial charge in [-0.2, -0.15) is 15.0 Å². The van der Waals surface area contributed by atoms with Crippen molar-refractivity contribution in [3.8, 4) is 0 Å². The van der Waals surface area contributed by atoms with Crippen LogP contribution in [0.1, 0.15) is 0 Å². The summed E-state index contributed by atoms with van der Waals surface area (Å²) in [6.45, 7) is 0. The molecule has 1 aromatic rings. The maximum Gasteiger partial charge on any atom is 0.413 e. The van der Waals surface area contributed by atoms with Crippen LogP contribution in [-0.4, -0.2) is 54.6 Å². The van der Waals surface area contributed by atoms with Crippen molar-refractivity contribution in [2.75, 3.05) is 37.3 Å². The monoisotopic (exact) mass is 300 g/mol. The maximum absolute atomic E-state index is 11.1. The van der Waals surface area contributed by atoms with Gasteiger partial charge < -0.3 is 14.2 Å². The van der Waals surface area contributed by atoms with Crippen molar-refractivity contribution in [1.29, 1.82) is 0 Å². The van der Waals surface area contributed by atoms with Crippen LogP contribution in [0.3, 0.4) is 0 Å². The molecule has 0 radical (unpaired) electrons. The molecule has 0 aliphatic heterocycles. The van der Waals surface area contributed by atoms with E-state index in [9.17, 15) is 14.4 Å². The highest BCUT2D eigenvalue weighted by Crippen LogP contribution is 2.10. The summed E-state index contributed by atoms with van der Waals surface area (Å²) in [7, 11) is 3.41. The van der Waals surface area contributed by atoms with Crippen LogP contribution in [0.2, 0.25) is 0 Å². The van der Waals surface area contributed by atoms with E-state index >= 15 is 0 Å². The van der Waals surface area contributed by atoms with Gasteiger partial charge in [0, 0.05) is 0 Å². The smallest absolute Gasteiger partial charge is 0.413 e. The molecule has 1 heterocycles. The van der Waals surface area contributed by atoms with E-state index in [1.807, 2.05) is 0 Å². The Hall–Kier alpha value is -3.18. The molecule has 0 aromatic carbocycles. The van der Waals surface area contributed by atoms with E-state index in [2.05, 4.69) is 45.1 Å². The van der Waals surface area contributed by atoms with Gasteiger partial charge in [0.2, 0.25) is 17.8 Å². The summed E-state index contributed by atoms with van der Waals surface area (Å²) in [5.41, 5.74) is 0. The lowest BCUT2D eigenvalue weighted by molar-refractivity contribution is 0.186. The molecule has 0 atom stereocenters. The van der Waals surface area contributed by atoms with Crippen molar-refractivity contribution < 1.29 is 28.6 Å². The topological polar surface area (TPSA) is 154 Å². The minimum Gasteiger partial charge on any atom is -0.453 e. The number of hydrogen-bond acceptors (Lipinski definition) is 9. The number of nitrogens with one attached hydrogen (secondary N) is 3. The summed E-state index contributed by atoms with van der Waals surface area (Å²) < 4.78 is 13.1. The molecule has 0 unspecified atom stereocenters. The van der Waals surface area contributed by atoms with Crippen LogP contribution in [0.5, 0.6) is 0 Å². The molecule has 0 saturated carbocycles. The van der Waals surface area contributed by atoms with Gasteiger partial charge in [-0.15, -0.1) is 0 Å². The fourth-order valence-corrected chi connectivity index (χ4v) is 0.971. The lowest BCUT2D eigenvalue weighted by Gasteiger charge is -2.08. The van der Waals surface area contributed by atoms with Gasteiger partial charge in [-0.1, -0.05) is 0 Å². The van der Waals surface area contributed by atoms with Crippen molar-refractivity contribution in [2.24, 2.45) is 0 Å². The first kappa shape index (κ1) is 15.9. The Balaban J connectivity index is 3.03. The highest BCUT2D eigenvalue weighted by Gasteiger charge is 2.13. The van der Waals surface area contributed by atoms with E-state index in [1.165, 1.54) is 0 Å². The van der Waals surface area contributed by atoms with Gasteiger partial charge in [0.1, 0.15) is 0 Å². The third-order valence-corrected chi connectivity index (χ3v) is 1.83. The Morgan fingerprint density at radius 2 is 0.905 bits per heavy atom. The molecule has 12 nitrogen and oxygen atoms in total. The highest BCUT2D eigenvalue weighted by molar-refractivity contribution is 5.86. The second-order valence-electron chi connectivity index (χ2n) is 3.16. The molecule has 0 spiro atoms. The molecule has 3 amide bonds. The minimum absolute atomic E-state index is 0.269. The van der Waals surface area contributed by atoms with Crippen molar-refractivity contribution in [3.63, 3.8) is 0 Å². The molecule has 0 aliphatic rings. The fraction of sp³-hybridized carbons (Fsp3) is 0.333. The van der Waals surface area contributed by atoms with E-state index < -0.39 is 18.3 Å².